The molecule has 5 rings (SSSR count). The van der Waals surface area contributed by atoms with E-state index in [2.05, 4.69) is 10.1 Å². The number of carbonyl (C=O) groups is 1. The van der Waals surface area contributed by atoms with E-state index in [-0.39, 0.29) is 18.6 Å². The Bertz CT molecular complexity index is 1530. The van der Waals surface area contributed by atoms with Gasteiger partial charge in [-0.25, -0.2) is 14.1 Å². The second-order valence-corrected chi connectivity index (χ2v) is 8.51. The monoisotopic (exact) mass is 448 g/mol. The fraction of sp³-hybridized carbons (Fsp3) is 0.130. The van der Waals surface area contributed by atoms with Crippen molar-refractivity contribution >= 4 is 38.4 Å². The number of hydrogen-bond acceptors (Lipinski definition) is 5. The van der Waals surface area contributed by atoms with E-state index in [0.29, 0.717) is 27.9 Å². The van der Waals surface area contributed by atoms with Crippen LogP contribution in [-0.4, -0.2) is 30.4 Å². The fourth-order valence-electron chi connectivity index (χ4n) is 3.93. The molecule has 3 heterocycles. The average Bonchev–Trinajstić information content (AvgIpc) is 3.27. The molecule has 0 saturated carbocycles. The molecule has 0 amide bonds. The highest BCUT2D eigenvalue weighted by molar-refractivity contribution is 7.18. The van der Waals surface area contributed by atoms with Crippen molar-refractivity contribution in [3.63, 3.8) is 0 Å². The minimum absolute atomic E-state index is 0.202. The summed E-state index contributed by atoms with van der Waals surface area (Å²) in [6.45, 7) is 1.70. The first-order valence-corrected chi connectivity index (χ1v) is 10.7. The van der Waals surface area contributed by atoms with Crippen LogP contribution in [0.15, 0.2) is 59.4 Å². The minimum Gasteiger partial charge on any atom is -0.480 e. The molecule has 0 spiro atoms. The van der Waals surface area contributed by atoms with E-state index in [4.69, 9.17) is 0 Å². The Balaban J connectivity index is 1.64. The average molecular weight is 448 g/mol. The minimum atomic E-state index is -1.00. The largest absolute Gasteiger partial charge is 0.480 e. The van der Waals surface area contributed by atoms with E-state index in [1.165, 1.54) is 34.2 Å². The van der Waals surface area contributed by atoms with Crippen LogP contribution in [0.4, 0.5) is 4.39 Å². The Labute approximate surface area is 185 Å². The van der Waals surface area contributed by atoms with Gasteiger partial charge in [-0.1, -0.05) is 12.1 Å². The second-order valence-electron chi connectivity index (χ2n) is 7.39. The van der Waals surface area contributed by atoms with Crippen molar-refractivity contribution in [2.75, 3.05) is 0 Å². The number of carboxylic acids is 1. The summed E-state index contributed by atoms with van der Waals surface area (Å²) in [6, 6.07) is 14.9. The maximum absolute atomic E-state index is 14.1. The van der Waals surface area contributed by atoms with Gasteiger partial charge in [0.25, 0.3) is 5.56 Å². The molecule has 0 bridgehead atoms. The molecule has 5 aromatic rings. The summed E-state index contributed by atoms with van der Waals surface area (Å²) < 4.78 is 18.0. The molecule has 0 unspecified atom stereocenters. The van der Waals surface area contributed by atoms with Gasteiger partial charge in [0.1, 0.15) is 17.4 Å². The molecular formula is C23H17FN4O3S. The number of aliphatic carboxylic acids is 1. The van der Waals surface area contributed by atoms with Crippen molar-refractivity contribution in [1.29, 1.82) is 0 Å². The predicted molar refractivity (Wildman–Crippen MR) is 120 cm³/mol. The number of para-hydroxylation sites is 1. The Morgan fingerprint density at radius 2 is 1.97 bits per heavy atom. The highest BCUT2D eigenvalue weighted by atomic mass is 32.1. The number of halogens is 1. The first kappa shape index (κ1) is 20.1. The molecule has 32 heavy (non-hydrogen) atoms. The maximum Gasteiger partial charge on any atom is 0.323 e. The van der Waals surface area contributed by atoms with Gasteiger partial charge >= 0.3 is 5.97 Å². The lowest BCUT2D eigenvalue weighted by Gasteiger charge is -2.07. The molecule has 0 radical (unpaired) electrons. The number of fused-ring (bicyclic) bond motifs is 2. The Kier molecular flexibility index (Phi) is 4.82. The maximum atomic E-state index is 14.1. The van der Waals surface area contributed by atoms with Crippen molar-refractivity contribution in [2.45, 2.75) is 20.0 Å². The van der Waals surface area contributed by atoms with Crippen LogP contribution in [0.3, 0.4) is 0 Å². The summed E-state index contributed by atoms with van der Waals surface area (Å²) >= 11 is 1.49. The van der Waals surface area contributed by atoms with Gasteiger partial charge in [0.2, 0.25) is 0 Å². The van der Waals surface area contributed by atoms with Crippen LogP contribution in [0.5, 0.6) is 0 Å². The summed E-state index contributed by atoms with van der Waals surface area (Å²) in [5.41, 5.74) is 2.85. The number of carboxylic acid groups (broad SMARTS) is 1. The molecule has 0 fully saturated rings. The van der Waals surface area contributed by atoms with Crippen LogP contribution in [-0.2, 0) is 17.9 Å². The first-order valence-electron chi connectivity index (χ1n) is 9.84. The van der Waals surface area contributed by atoms with E-state index in [1.807, 2.05) is 24.3 Å². The van der Waals surface area contributed by atoms with Crippen molar-refractivity contribution < 1.29 is 14.3 Å². The van der Waals surface area contributed by atoms with Gasteiger partial charge in [-0.2, -0.15) is 5.10 Å². The van der Waals surface area contributed by atoms with Crippen molar-refractivity contribution in [1.82, 2.24) is 19.3 Å². The lowest BCUT2D eigenvalue weighted by molar-refractivity contribution is -0.137. The summed E-state index contributed by atoms with van der Waals surface area (Å²) in [6.07, 6.45) is 0. The van der Waals surface area contributed by atoms with Crippen molar-refractivity contribution in [2.24, 2.45) is 0 Å². The second kappa shape index (κ2) is 7.69. The summed E-state index contributed by atoms with van der Waals surface area (Å²) in [4.78, 5) is 28.5. The smallest absolute Gasteiger partial charge is 0.323 e. The highest BCUT2D eigenvalue weighted by Gasteiger charge is 2.19. The normalized spacial score (nSPS) is 11.4. The van der Waals surface area contributed by atoms with Crippen molar-refractivity contribution in [3.05, 3.63) is 81.5 Å². The topological polar surface area (TPSA) is 90.0 Å². The third kappa shape index (κ3) is 3.46. The molecule has 0 aliphatic heterocycles. The third-order valence-corrected chi connectivity index (χ3v) is 6.35. The van der Waals surface area contributed by atoms with Gasteiger partial charge < -0.3 is 9.67 Å². The van der Waals surface area contributed by atoms with Crippen LogP contribution < -0.4 is 5.56 Å². The molecule has 1 N–H and O–H groups in total. The highest BCUT2D eigenvalue weighted by Crippen LogP contribution is 2.34. The van der Waals surface area contributed by atoms with Crippen LogP contribution in [0.25, 0.3) is 32.4 Å². The quantitative estimate of drug-likeness (QED) is 0.438. The standard InChI is InChI=1S/C23H17FN4O3S/c1-13-23(15-10-14(24)6-8-18(15)27(13)12-22(30)31)17-7-9-21(29)28(26-17)11-20-25-16-4-2-3-5-19(16)32-20/h2-10H,11-12H2,1H3,(H,30,31). The lowest BCUT2D eigenvalue weighted by Crippen LogP contribution is -2.22. The number of aromatic nitrogens is 4. The molecule has 9 heteroatoms. The number of thiazole rings is 1. The predicted octanol–water partition coefficient (Wildman–Crippen LogP) is 4.06. The van der Waals surface area contributed by atoms with Gasteiger partial charge in [-0.05, 0) is 43.3 Å². The summed E-state index contributed by atoms with van der Waals surface area (Å²) in [5, 5.41) is 15.1. The number of rotatable bonds is 5. The van der Waals surface area contributed by atoms with Gasteiger partial charge in [0.15, 0.2) is 0 Å². The molecule has 160 valence electrons. The Morgan fingerprint density at radius 3 is 2.75 bits per heavy atom. The van der Waals surface area contributed by atoms with Gasteiger partial charge in [-0.15, -0.1) is 11.3 Å². The van der Waals surface area contributed by atoms with E-state index in [0.717, 1.165) is 15.2 Å². The van der Waals surface area contributed by atoms with Crippen LogP contribution in [0.1, 0.15) is 10.7 Å². The number of nitrogens with zero attached hydrogens (tertiary/aromatic N) is 4. The molecule has 2 aromatic carbocycles. The van der Waals surface area contributed by atoms with E-state index < -0.39 is 11.8 Å². The van der Waals surface area contributed by atoms with Gasteiger partial charge in [-0.3, -0.25) is 9.59 Å². The lowest BCUT2D eigenvalue weighted by atomic mass is 10.1. The van der Waals surface area contributed by atoms with E-state index >= 15 is 0 Å². The molecule has 0 saturated heterocycles. The van der Waals surface area contributed by atoms with Crippen molar-refractivity contribution in [3.8, 4) is 11.3 Å². The molecule has 0 aliphatic rings. The molecule has 3 aromatic heterocycles. The van der Waals surface area contributed by atoms with Gasteiger partial charge in [0, 0.05) is 28.2 Å². The van der Waals surface area contributed by atoms with E-state index in [1.54, 1.807) is 23.6 Å². The first-order chi connectivity index (χ1) is 15.4. The van der Waals surface area contributed by atoms with Crippen LogP contribution in [0, 0.1) is 12.7 Å². The summed E-state index contributed by atoms with van der Waals surface area (Å²) in [5.74, 6) is -1.44. The zero-order valence-corrected chi connectivity index (χ0v) is 17.8. The number of hydrogen-bond donors (Lipinski definition) is 1. The number of benzene rings is 2. The SMILES string of the molecule is Cc1c(-c2ccc(=O)n(Cc3nc4ccccc4s3)n2)c2cc(F)ccc2n1CC(=O)O. The zero-order chi connectivity index (χ0) is 22.4. The molecule has 0 aliphatic carbocycles. The molecule has 7 nitrogen and oxygen atoms in total. The fourth-order valence-corrected chi connectivity index (χ4v) is 4.88. The van der Waals surface area contributed by atoms with Crippen LogP contribution in [0.2, 0.25) is 0 Å². The van der Waals surface area contributed by atoms with Crippen LogP contribution >= 0.6 is 11.3 Å². The summed E-state index contributed by atoms with van der Waals surface area (Å²) in [7, 11) is 0. The third-order valence-electron chi connectivity index (χ3n) is 5.32. The van der Waals surface area contributed by atoms with E-state index in [9.17, 15) is 19.1 Å². The van der Waals surface area contributed by atoms with Gasteiger partial charge in [0.05, 0.1) is 22.5 Å². The Morgan fingerprint density at radius 1 is 1.16 bits per heavy atom. The molecule has 0 atom stereocenters. The zero-order valence-electron chi connectivity index (χ0n) is 16.9. The Hall–Kier alpha value is -3.85. The molecular weight excluding hydrogens is 431 g/mol.